The molecule has 2 fully saturated rings. The first-order valence-electron chi connectivity index (χ1n) is 8.90. The number of nitrogens with zero attached hydrogens (tertiary/aromatic N) is 2. The first-order valence-corrected chi connectivity index (χ1v) is 9.28. The fraction of sp³-hybridized carbons (Fsp3) is 0.450. The lowest BCUT2D eigenvalue weighted by molar-refractivity contribution is -0.143. The van der Waals surface area contributed by atoms with Crippen LogP contribution in [0.25, 0.3) is 10.9 Å². The fourth-order valence-electron chi connectivity index (χ4n) is 4.31. The SMILES string of the molecule is Cc1c(Cl)c(CN2C(=O)CC3(CCCCC3)C2=O)nc2ccccc12. The number of likely N-dealkylation sites (tertiary alicyclic amines) is 1. The molecular formula is C20H21ClN2O2. The molecule has 0 unspecified atom stereocenters. The Morgan fingerprint density at radius 2 is 1.88 bits per heavy atom. The normalized spacial score (nSPS) is 20.0. The molecule has 5 heteroatoms. The number of hydrogen-bond acceptors (Lipinski definition) is 3. The number of rotatable bonds is 2. The van der Waals surface area contributed by atoms with E-state index in [-0.39, 0.29) is 18.4 Å². The summed E-state index contributed by atoms with van der Waals surface area (Å²) in [7, 11) is 0. The van der Waals surface area contributed by atoms with Crippen LogP contribution in [0.15, 0.2) is 24.3 Å². The lowest BCUT2D eigenvalue weighted by atomic mass is 9.73. The summed E-state index contributed by atoms with van der Waals surface area (Å²) < 4.78 is 0. The number of pyridine rings is 1. The molecule has 1 saturated carbocycles. The zero-order valence-electron chi connectivity index (χ0n) is 14.3. The summed E-state index contributed by atoms with van der Waals surface area (Å²) in [5, 5.41) is 1.54. The van der Waals surface area contributed by atoms with E-state index in [4.69, 9.17) is 11.6 Å². The summed E-state index contributed by atoms with van der Waals surface area (Å²) in [5.41, 5.74) is 1.92. The van der Waals surface area contributed by atoms with Crippen LogP contribution in [0.1, 0.15) is 49.8 Å². The summed E-state index contributed by atoms with van der Waals surface area (Å²) >= 11 is 6.51. The van der Waals surface area contributed by atoms with Gasteiger partial charge in [0.2, 0.25) is 11.8 Å². The number of benzene rings is 1. The molecule has 25 heavy (non-hydrogen) atoms. The van der Waals surface area contributed by atoms with Gasteiger partial charge in [0, 0.05) is 11.8 Å². The van der Waals surface area contributed by atoms with Crippen LogP contribution in [0, 0.1) is 12.3 Å². The van der Waals surface area contributed by atoms with E-state index in [2.05, 4.69) is 4.98 Å². The molecule has 2 aliphatic rings. The van der Waals surface area contributed by atoms with Crippen LogP contribution < -0.4 is 0 Å². The number of hydrogen-bond donors (Lipinski definition) is 0. The van der Waals surface area contributed by atoms with Crippen molar-refractivity contribution in [3.8, 4) is 0 Å². The van der Waals surface area contributed by atoms with Crippen molar-refractivity contribution in [2.24, 2.45) is 5.41 Å². The predicted octanol–water partition coefficient (Wildman–Crippen LogP) is 4.41. The van der Waals surface area contributed by atoms with Gasteiger partial charge in [-0.05, 0) is 31.4 Å². The van der Waals surface area contributed by atoms with Crippen molar-refractivity contribution in [3.63, 3.8) is 0 Å². The van der Waals surface area contributed by atoms with E-state index in [9.17, 15) is 9.59 Å². The van der Waals surface area contributed by atoms with Crippen LogP contribution in [0.2, 0.25) is 5.02 Å². The number of aryl methyl sites for hydroxylation is 1. The highest BCUT2D eigenvalue weighted by atomic mass is 35.5. The zero-order valence-corrected chi connectivity index (χ0v) is 15.1. The molecular weight excluding hydrogens is 336 g/mol. The first-order chi connectivity index (χ1) is 12.0. The molecule has 2 amide bonds. The molecule has 1 aromatic heterocycles. The van der Waals surface area contributed by atoms with E-state index in [0.29, 0.717) is 17.1 Å². The summed E-state index contributed by atoms with van der Waals surface area (Å²) in [4.78, 5) is 31.6. The van der Waals surface area contributed by atoms with Gasteiger partial charge in [0.25, 0.3) is 0 Å². The van der Waals surface area contributed by atoms with E-state index in [1.165, 1.54) is 4.90 Å². The van der Waals surface area contributed by atoms with Crippen molar-refractivity contribution in [3.05, 3.63) is 40.5 Å². The van der Waals surface area contributed by atoms with Crippen LogP contribution in [0.5, 0.6) is 0 Å². The summed E-state index contributed by atoms with van der Waals surface area (Å²) in [6.45, 7) is 2.12. The number of amides is 2. The van der Waals surface area contributed by atoms with Gasteiger partial charge in [-0.15, -0.1) is 0 Å². The molecule has 0 N–H and O–H groups in total. The average molecular weight is 357 g/mol. The first kappa shape index (κ1) is 16.5. The third-order valence-corrected chi connectivity index (χ3v) is 6.26. The summed E-state index contributed by atoms with van der Waals surface area (Å²) in [6.07, 6.45) is 5.20. The van der Waals surface area contributed by atoms with Crippen LogP contribution in [-0.4, -0.2) is 21.7 Å². The number of imide groups is 1. The second-order valence-electron chi connectivity index (χ2n) is 7.32. The Labute approximate surface area is 152 Å². The third-order valence-electron chi connectivity index (χ3n) is 5.75. The number of aromatic nitrogens is 1. The molecule has 1 aliphatic carbocycles. The van der Waals surface area contributed by atoms with Crippen LogP contribution >= 0.6 is 11.6 Å². The number of carbonyl (C=O) groups is 2. The number of fused-ring (bicyclic) bond motifs is 1. The average Bonchev–Trinajstić information content (AvgIpc) is 2.84. The molecule has 0 radical (unpaired) electrons. The van der Waals surface area contributed by atoms with E-state index in [1.54, 1.807) is 0 Å². The lowest BCUT2D eigenvalue weighted by Gasteiger charge is -2.30. The van der Waals surface area contributed by atoms with Gasteiger partial charge in [-0.25, -0.2) is 4.98 Å². The molecule has 4 nitrogen and oxygen atoms in total. The maximum absolute atomic E-state index is 13.0. The largest absolute Gasteiger partial charge is 0.276 e. The van der Waals surface area contributed by atoms with E-state index < -0.39 is 5.41 Å². The maximum atomic E-state index is 13.0. The van der Waals surface area contributed by atoms with Crippen molar-refractivity contribution in [2.75, 3.05) is 0 Å². The molecule has 1 aliphatic heterocycles. The van der Waals surface area contributed by atoms with Gasteiger partial charge in [-0.3, -0.25) is 14.5 Å². The Balaban J connectivity index is 1.68. The Morgan fingerprint density at radius 1 is 1.16 bits per heavy atom. The topological polar surface area (TPSA) is 50.3 Å². The minimum Gasteiger partial charge on any atom is -0.276 e. The van der Waals surface area contributed by atoms with E-state index in [1.807, 2.05) is 31.2 Å². The zero-order chi connectivity index (χ0) is 17.6. The van der Waals surface area contributed by atoms with Gasteiger partial charge >= 0.3 is 0 Å². The van der Waals surface area contributed by atoms with Crippen molar-refractivity contribution in [1.29, 1.82) is 0 Å². The van der Waals surface area contributed by atoms with Crippen LogP contribution in [0.4, 0.5) is 0 Å². The molecule has 4 rings (SSSR count). The molecule has 0 atom stereocenters. The highest BCUT2D eigenvalue weighted by Crippen LogP contribution is 2.45. The fourth-order valence-corrected chi connectivity index (χ4v) is 4.51. The van der Waals surface area contributed by atoms with Crippen molar-refractivity contribution < 1.29 is 9.59 Å². The van der Waals surface area contributed by atoms with Crippen molar-refractivity contribution >= 4 is 34.3 Å². The molecule has 130 valence electrons. The van der Waals surface area contributed by atoms with Gasteiger partial charge < -0.3 is 0 Å². The number of para-hydroxylation sites is 1. The number of halogens is 1. The smallest absolute Gasteiger partial charge is 0.236 e. The highest BCUT2D eigenvalue weighted by Gasteiger charge is 2.51. The lowest BCUT2D eigenvalue weighted by Crippen LogP contribution is -2.36. The minimum absolute atomic E-state index is 0.0270. The van der Waals surface area contributed by atoms with Gasteiger partial charge in [-0.1, -0.05) is 49.1 Å². The molecule has 2 heterocycles. The van der Waals surface area contributed by atoms with Crippen LogP contribution in [-0.2, 0) is 16.1 Å². The van der Waals surface area contributed by atoms with E-state index >= 15 is 0 Å². The quantitative estimate of drug-likeness (QED) is 0.749. The van der Waals surface area contributed by atoms with E-state index in [0.717, 1.165) is 48.6 Å². The van der Waals surface area contributed by atoms with Gasteiger partial charge in [0.1, 0.15) is 0 Å². The summed E-state index contributed by atoms with van der Waals surface area (Å²) in [5.74, 6) is -0.114. The van der Waals surface area contributed by atoms with Gasteiger partial charge in [0.05, 0.1) is 28.2 Å². The Hall–Kier alpha value is -1.94. The predicted molar refractivity (Wildman–Crippen MR) is 97.2 cm³/mol. The van der Waals surface area contributed by atoms with Crippen molar-refractivity contribution in [1.82, 2.24) is 9.88 Å². The Morgan fingerprint density at radius 3 is 2.64 bits per heavy atom. The Bertz CT molecular complexity index is 871. The number of carbonyl (C=O) groups excluding carboxylic acids is 2. The molecule has 1 spiro atoms. The minimum atomic E-state index is -0.465. The van der Waals surface area contributed by atoms with Crippen molar-refractivity contribution in [2.45, 2.75) is 52.0 Å². The second-order valence-corrected chi connectivity index (χ2v) is 7.70. The molecule has 1 saturated heterocycles. The second kappa shape index (κ2) is 6.10. The molecule has 1 aromatic carbocycles. The third kappa shape index (κ3) is 2.63. The van der Waals surface area contributed by atoms with Gasteiger partial charge in [0.15, 0.2) is 0 Å². The Kier molecular flexibility index (Phi) is 4.03. The maximum Gasteiger partial charge on any atom is 0.236 e. The molecule has 0 bridgehead atoms. The highest BCUT2D eigenvalue weighted by molar-refractivity contribution is 6.32. The standard InChI is InChI=1S/C20H21ClN2O2/c1-13-14-7-3-4-8-15(14)22-16(18(13)21)12-23-17(24)11-20(19(23)25)9-5-2-6-10-20/h3-4,7-8H,2,5-6,9-12H2,1H3. The monoisotopic (exact) mass is 356 g/mol. The van der Waals surface area contributed by atoms with Gasteiger partial charge in [-0.2, -0.15) is 0 Å². The summed E-state index contributed by atoms with van der Waals surface area (Å²) in [6, 6.07) is 7.79. The molecule has 2 aromatic rings. The van der Waals surface area contributed by atoms with Crippen LogP contribution in [0.3, 0.4) is 0 Å².